The minimum absolute atomic E-state index is 0.907. The first-order valence-electron chi connectivity index (χ1n) is 9.70. The maximum atomic E-state index is 2.34. The van der Waals surface area contributed by atoms with Crippen LogP contribution < -0.4 is 0 Å². The number of nitrogens with zero attached hydrogens (tertiary/aromatic N) is 1. The van der Waals surface area contributed by atoms with Gasteiger partial charge in [0.05, 0.1) is 0 Å². The molecule has 0 saturated carbocycles. The molecule has 0 aliphatic carbocycles. The fourth-order valence-corrected chi connectivity index (χ4v) is 3.70. The zero-order valence-corrected chi connectivity index (χ0v) is 16.5. The number of benzene rings is 4. The fourth-order valence-electron chi connectivity index (χ4n) is 3.70. The van der Waals surface area contributed by atoms with Gasteiger partial charge in [-0.25, -0.2) is 0 Å². The van der Waals surface area contributed by atoms with Crippen LogP contribution in [-0.4, -0.2) is 19.0 Å². The van der Waals surface area contributed by atoms with E-state index in [1.165, 1.54) is 38.6 Å². The topological polar surface area (TPSA) is 3.24 Å². The summed E-state index contributed by atoms with van der Waals surface area (Å²) >= 11 is 0. The van der Waals surface area contributed by atoms with Gasteiger partial charge in [0.2, 0.25) is 0 Å². The van der Waals surface area contributed by atoms with Crippen molar-refractivity contribution in [3.05, 3.63) is 119 Å². The molecular formula is C27H25N. The average Bonchev–Trinajstić information content (AvgIpc) is 2.74. The molecule has 1 nitrogen and oxygen atoms in total. The van der Waals surface area contributed by atoms with E-state index in [9.17, 15) is 0 Å². The van der Waals surface area contributed by atoms with Crippen LogP contribution in [-0.2, 0) is 6.54 Å². The van der Waals surface area contributed by atoms with E-state index in [0.29, 0.717) is 0 Å². The Bertz CT molecular complexity index is 1050. The van der Waals surface area contributed by atoms with Gasteiger partial charge in [-0.15, -0.1) is 0 Å². The van der Waals surface area contributed by atoms with Gasteiger partial charge in [-0.2, -0.15) is 0 Å². The summed E-state index contributed by atoms with van der Waals surface area (Å²) in [5, 5.41) is 2.61. The molecule has 0 radical (unpaired) electrons. The number of hydrogen-bond donors (Lipinski definition) is 0. The van der Waals surface area contributed by atoms with E-state index in [4.69, 9.17) is 0 Å². The molecule has 4 aromatic carbocycles. The van der Waals surface area contributed by atoms with Crippen molar-refractivity contribution < 1.29 is 0 Å². The van der Waals surface area contributed by atoms with Crippen LogP contribution >= 0.6 is 0 Å². The molecule has 0 aromatic heterocycles. The predicted octanol–water partition coefficient (Wildman–Crippen LogP) is 6.49. The first-order chi connectivity index (χ1) is 13.7. The monoisotopic (exact) mass is 363 g/mol. The van der Waals surface area contributed by atoms with Gasteiger partial charge in [0, 0.05) is 6.54 Å². The molecule has 0 unspecified atom stereocenters. The highest BCUT2D eigenvalue weighted by molar-refractivity contribution is 5.95. The minimum atomic E-state index is 0.907. The first-order valence-corrected chi connectivity index (χ1v) is 9.70. The van der Waals surface area contributed by atoms with E-state index in [2.05, 4.69) is 122 Å². The SMILES string of the molecule is CN(C)Cc1c(C=C(c2ccccc2)c2ccccc2)ccc2ccccc12. The van der Waals surface area contributed by atoms with Crippen LogP contribution in [0, 0.1) is 0 Å². The Morgan fingerprint density at radius 2 is 1.25 bits per heavy atom. The largest absolute Gasteiger partial charge is 0.305 e. The number of rotatable bonds is 5. The van der Waals surface area contributed by atoms with E-state index in [1.54, 1.807) is 0 Å². The minimum Gasteiger partial charge on any atom is -0.305 e. The molecule has 0 saturated heterocycles. The lowest BCUT2D eigenvalue weighted by Gasteiger charge is -2.17. The highest BCUT2D eigenvalue weighted by Gasteiger charge is 2.10. The van der Waals surface area contributed by atoms with Gasteiger partial charge >= 0.3 is 0 Å². The summed E-state index contributed by atoms with van der Waals surface area (Å²) in [7, 11) is 4.26. The van der Waals surface area contributed by atoms with Gasteiger partial charge < -0.3 is 4.90 Å². The van der Waals surface area contributed by atoms with E-state index < -0.39 is 0 Å². The van der Waals surface area contributed by atoms with Crippen LogP contribution in [0.15, 0.2) is 97.1 Å². The van der Waals surface area contributed by atoms with Crippen LogP contribution in [0.2, 0.25) is 0 Å². The second-order valence-electron chi connectivity index (χ2n) is 7.38. The average molecular weight is 364 g/mol. The number of fused-ring (bicyclic) bond motifs is 1. The third-order valence-corrected chi connectivity index (χ3v) is 5.02. The number of hydrogen-bond acceptors (Lipinski definition) is 1. The lowest BCUT2D eigenvalue weighted by Crippen LogP contribution is -2.12. The van der Waals surface area contributed by atoms with E-state index in [-0.39, 0.29) is 0 Å². The van der Waals surface area contributed by atoms with Gasteiger partial charge in [-0.3, -0.25) is 0 Å². The Kier molecular flexibility index (Phi) is 5.36. The van der Waals surface area contributed by atoms with Crippen molar-refractivity contribution in [1.82, 2.24) is 4.90 Å². The summed E-state index contributed by atoms with van der Waals surface area (Å²) in [5.41, 5.74) is 6.36. The van der Waals surface area contributed by atoms with Crippen molar-refractivity contribution in [2.45, 2.75) is 6.54 Å². The quantitative estimate of drug-likeness (QED) is 0.366. The summed E-state index contributed by atoms with van der Waals surface area (Å²) in [6, 6.07) is 34.4. The smallest absolute Gasteiger partial charge is 0.0239 e. The molecule has 1 heteroatoms. The van der Waals surface area contributed by atoms with E-state index in [1.807, 2.05) is 0 Å². The molecule has 28 heavy (non-hydrogen) atoms. The normalized spacial score (nSPS) is 11.0. The highest BCUT2D eigenvalue weighted by Crippen LogP contribution is 2.30. The summed E-state index contributed by atoms with van der Waals surface area (Å²) in [5.74, 6) is 0. The molecule has 0 spiro atoms. The van der Waals surface area contributed by atoms with Crippen LogP contribution in [0.3, 0.4) is 0 Å². The second-order valence-corrected chi connectivity index (χ2v) is 7.38. The second kappa shape index (κ2) is 8.24. The van der Waals surface area contributed by atoms with Gasteiger partial charge in [-0.05, 0) is 58.8 Å². The molecule has 4 rings (SSSR count). The third kappa shape index (κ3) is 3.90. The third-order valence-electron chi connectivity index (χ3n) is 5.02. The van der Waals surface area contributed by atoms with Gasteiger partial charge in [0.25, 0.3) is 0 Å². The maximum Gasteiger partial charge on any atom is 0.0239 e. The Morgan fingerprint density at radius 1 is 0.679 bits per heavy atom. The fraction of sp³-hybridized carbons (Fsp3) is 0.111. The van der Waals surface area contributed by atoms with Crippen LogP contribution in [0.1, 0.15) is 22.3 Å². The van der Waals surface area contributed by atoms with Crippen molar-refractivity contribution in [3.63, 3.8) is 0 Å². The Balaban J connectivity index is 1.95. The summed E-state index contributed by atoms with van der Waals surface area (Å²) in [4.78, 5) is 2.24. The lowest BCUT2D eigenvalue weighted by atomic mass is 9.92. The Morgan fingerprint density at radius 3 is 1.86 bits per heavy atom. The molecular weight excluding hydrogens is 338 g/mol. The molecule has 0 bridgehead atoms. The lowest BCUT2D eigenvalue weighted by molar-refractivity contribution is 0.404. The van der Waals surface area contributed by atoms with Crippen LogP contribution in [0.4, 0.5) is 0 Å². The molecule has 4 aromatic rings. The predicted molar refractivity (Wildman–Crippen MR) is 121 cm³/mol. The Hall–Kier alpha value is -3.16. The molecule has 0 atom stereocenters. The summed E-state index contributed by atoms with van der Waals surface area (Å²) < 4.78 is 0. The van der Waals surface area contributed by atoms with Crippen molar-refractivity contribution in [3.8, 4) is 0 Å². The van der Waals surface area contributed by atoms with Crippen LogP contribution in [0.25, 0.3) is 22.4 Å². The van der Waals surface area contributed by atoms with Gasteiger partial charge in [-0.1, -0.05) is 97.1 Å². The zero-order chi connectivity index (χ0) is 19.3. The maximum absolute atomic E-state index is 2.34. The van der Waals surface area contributed by atoms with Crippen LogP contribution in [0.5, 0.6) is 0 Å². The molecule has 0 fully saturated rings. The highest BCUT2D eigenvalue weighted by atomic mass is 15.0. The van der Waals surface area contributed by atoms with E-state index in [0.717, 1.165) is 6.54 Å². The summed E-state index contributed by atoms with van der Waals surface area (Å²) in [6.45, 7) is 0.907. The molecule has 0 aliphatic heterocycles. The first kappa shape index (κ1) is 18.2. The molecule has 138 valence electrons. The molecule has 0 aliphatic rings. The van der Waals surface area contributed by atoms with Crippen molar-refractivity contribution >= 4 is 22.4 Å². The Labute approximate surface area is 167 Å². The van der Waals surface area contributed by atoms with Crippen molar-refractivity contribution in [2.75, 3.05) is 14.1 Å². The van der Waals surface area contributed by atoms with Gasteiger partial charge in [0.1, 0.15) is 0 Å². The van der Waals surface area contributed by atoms with Crippen molar-refractivity contribution in [1.29, 1.82) is 0 Å². The molecule has 0 amide bonds. The summed E-state index contributed by atoms with van der Waals surface area (Å²) in [6.07, 6.45) is 2.34. The zero-order valence-electron chi connectivity index (χ0n) is 16.5. The molecule has 0 heterocycles. The standard InChI is InChI=1S/C27H25N/c1-28(2)20-27-24(18-17-23-15-9-10-16-25(23)27)19-26(21-11-5-3-6-12-21)22-13-7-4-8-14-22/h3-19H,20H2,1-2H3. The van der Waals surface area contributed by atoms with Gasteiger partial charge in [0.15, 0.2) is 0 Å². The molecule has 0 N–H and O–H groups in total. The van der Waals surface area contributed by atoms with E-state index >= 15 is 0 Å². The van der Waals surface area contributed by atoms with Crippen molar-refractivity contribution in [2.24, 2.45) is 0 Å².